The number of carbonyl (C=O) groups excluding carboxylic acids is 1. The standard InChI is InChI=1S/C13H17ClO/c1-2-6-12(14)13(15)10-9-11-7-4-3-5-8-11/h3-5,7-8,12H,2,6,9-10H2,1H3. The Kier molecular flexibility index (Phi) is 5.41. The van der Waals surface area contributed by atoms with Crippen molar-refractivity contribution in [2.75, 3.05) is 0 Å². The van der Waals surface area contributed by atoms with E-state index in [0.717, 1.165) is 19.3 Å². The molecule has 0 radical (unpaired) electrons. The van der Waals surface area contributed by atoms with E-state index in [2.05, 4.69) is 0 Å². The van der Waals surface area contributed by atoms with Gasteiger partial charge >= 0.3 is 0 Å². The normalized spacial score (nSPS) is 12.4. The fourth-order valence-corrected chi connectivity index (χ4v) is 1.81. The largest absolute Gasteiger partial charge is 0.298 e. The van der Waals surface area contributed by atoms with Crippen molar-refractivity contribution in [1.82, 2.24) is 0 Å². The van der Waals surface area contributed by atoms with Gasteiger partial charge in [-0.3, -0.25) is 4.79 Å². The van der Waals surface area contributed by atoms with E-state index in [-0.39, 0.29) is 11.2 Å². The van der Waals surface area contributed by atoms with Gasteiger partial charge in [-0.2, -0.15) is 0 Å². The molecule has 0 aromatic heterocycles. The summed E-state index contributed by atoms with van der Waals surface area (Å²) in [6.07, 6.45) is 3.10. The Labute approximate surface area is 96.5 Å². The van der Waals surface area contributed by atoms with Crippen molar-refractivity contribution < 1.29 is 4.79 Å². The lowest BCUT2D eigenvalue weighted by Gasteiger charge is -2.06. The second-order valence-electron chi connectivity index (χ2n) is 3.71. The fraction of sp³-hybridized carbons (Fsp3) is 0.462. The van der Waals surface area contributed by atoms with Gasteiger partial charge in [-0.1, -0.05) is 43.7 Å². The SMILES string of the molecule is CCCC(Cl)C(=O)CCc1ccccc1. The minimum atomic E-state index is -0.293. The Morgan fingerprint density at radius 2 is 2.00 bits per heavy atom. The smallest absolute Gasteiger partial charge is 0.151 e. The molecule has 2 heteroatoms. The van der Waals surface area contributed by atoms with Crippen LogP contribution in [0.25, 0.3) is 0 Å². The van der Waals surface area contributed by atoms with E-state index in [4.69, 9.17) is 11.6 Å². The summed E-state index contributed by atoms with van der Waals surface area (Å²) in [6.45, 7) is 2.04. The molecule has 0 aliphatic heterocycles. The lowest BCUT2D eigenvalue weighted by atomic mass is 10.0. The van der Waals surface area contributed by atoms with Gasteiger partial charge in [-0.05, 0) is 18.4 Å². The van der Waals surface area contributed by atoms with Crippen molar-refractivity contribution in [3.63, 3.8) is 0 Å². The van der Waals surface area contributed by atoms with Gasteiger partial charge in [-0.15, -0.1) is 11.6 Å². The molecule has 0 N–H and O–H groups in total. The summed E-state index contributed by atoms with van der Waals surface area (Å²) in [6, 6.07) is 10.0. The topological polar surface area (TPSA) is 17.1 Å². The molecule has 0 heterocycles. The molecule has 0 aliphatic carbocycles. The van der Waals surface area contributed by atoms with Crippen LogP contribution in [0.1, 0.15) is 31.7 Å². The minimum absolute atomic E-state index is 0.169. The van der Waals surface area contributed by atoms with Crippen molar-refractivity contribution >= 4 is 17.4 Å². The Morgan fingerprint density at radius 1 is 1.33 bits per heavy atom. The quantitative estimate of drug-likeness (QED) is 0.675. The molecule has 0 spiro atoms. The molecule has 0 bridgehead atoms. The summed E-state index contributed by atoms with van der Waals surface area (Å²) >= 11 is 5.95. The number of hydrogen-bond donors (Lipinski definition) is 0. The second-order valence-corrected chi connectivity index (χ2v) is 4.23. The van der Waals surface area contributed by atoms with Crippen LogP contribution in [0.15, 0.2) is 30.3 Å². The number of rotatable bonds is 6. The highest BCUT2D eigenvalue weighted by molar-refractivity contribution is 6.31. The third-order valence-corrected chi connectivity index (χ3v) is 2.86. The van der Waals surface area contributed by atoms with Gasteiger partial charge in [0.15, 0.2) is 5.78 Å². The molecule has 15 heavy (non-hydrogen) atoms. The van der Waals surface area contributed by atoms with E-state index < -0.39 is 0 Å². The number of alkyl halides is 1. The maximum absolute atomic E-state index is 11.6. The van der Waals surface area contributed by atoms with E-state index in [1.807, 2.05) is 37.3 Å². The number of ketones is 1. The monoisotopic (exact) mass is 224 g/mol. The average molecular weight is 225 g/mol. The van der Waals surface area contributed by atoms with Gasteiger partial charge in [0.05, 0.1) is 5.38 Å². The first-order valence-corrected chi connectivity index (χ1v) is 5.88. The van der Waals surface area contributed by atoms with Crippen molar-refractivity contribution in [2.24, 2.45) is 0 Å². The summed E-state index contributed by atoms with van der Waals surface area (Å²) in [5, 5.41) is -0.293. The number of benzene rings is 1. The second kappa shape index (κ2) is 6.62. The van der Waals surface area contributed by atoms with Crippen LogP contribution in [0.3, 0.4) is 0 Å². The van der Waals surface area contributed by atoms with Crippen LogP contribution >= 0.6 is 11.6 Å². The zero-order valence-corrected chi connectivity index (χ0v) is 9.83. The summed E-state index contributed by atoms with van der Waals surface area (Å²) in [5.41, 5.74) is 1.20. The molecule has 82 valence electrons. The maximum atomic E-state index is 11.6. The zero-order valence-electron chi connectivity index (χ0n) is 9.08. The molecule has 1 unspecified atom stereocenters. The van der Waals surface area contributed by atoms with E-state index in [9.17, 15) is 4.79 Å². The van der Waals surface area contributed by atoms with E-state index in [1.54, 1.807) is 0 Å². The lowest BCUT2D eigenvalue weighted by Crippen LogP contribution is -2.14. The van der Waals surface area contributed by atoms with Crippen LogP contribution in [-0.4, -0.2) is 11.2 Å². The predicted molar refractivity (Wildman–Crippen MR) is 64.3 cm³/mol. The molecule has 0 saturated heterocycles. The summed E-state index contributed by atoms with van der Waals surface area (Å²) in [4.78, 5) is 11.6. The van der Waals surface area contributed by atoms with Gasteiger partial charge in [0, 0.05) is 6.42 Å². The maximum Gasteiger partial charge on any atom is 0.151 e. The van der Waals surface area contributed by atoms with Gasteiger partial charge in [-0.25, -0.2) is 0 Å². The van der Waals surface area contributed by atoms with E-state index in [1.165, 1.54) is 5.56 Å². The molecule has 1 aromatic rings. The molecular weight excluding hydrogens is 208 g/mol. The molecule has 1 nitrogen and oxygen atoms in total. The first kappa shape index (κ1) is 12.3. The molecule has 0 aliphatic rings. The zero-order chi connectivity index (χ0) is 11.1. The van der Waals surface area contributed by atoms with Crippen LogP contribution in [0.2, 0.25) is 0 Å². The molecule has 1 aromatic carbocycles. The third kappa shape index (κ3) is 4.48. The van der Waals surface area contributed by atoms with Crippen molar-refractivity contribution in [2.45, 2.75) is 38.0 Å². The minimum Gasteiger partial charge on any atom is -0.298 e. The molecule has 0 saturated carbocycles. The van der Waals surface area contributed by atoms with Gasteiger partial charge in [0.1, 0.15) is 0 Å². The molecule has 0 amide bonds. The Balaban J connectivity index is 2.34. The molecular formula is C13H17ClO. The summed E-state index contributed by atoms with van der Waals surface area (Å²) in [7, 11) is 0. The van der Waals surface area contributed by atoms with Crippen LogP contribution in [0.5, 0.6) is 0 Å². The van der Waals surface area contributed by atoms with Crippen LogP contribution in [-0.2, 0) is 11.2 Å². The van der Waals surface area contributed by atoms with Crippen LogP contribution in [0.4, 0.5) is 0 Å². The number of halogens is 1. The summed E-state index contributed by atoms with van der Waals surface area (Å²) in [5.74, 6) is 0.169. The number of carbonyl (C=O) groups is 1. The lowest BCUT2D eigenvalue weighted by molar-refractivity contribution is -0.118. The molecule has 1 atom stereocenters. The Bertz CT molecular complexity index is 295. The van der Waals surface area contributed by atoms with Crippen LogP contribution in [0, 0.1) is 0 Å². The number of Topliss-reactive ketones (excluding diaryl/α,β-unsaturated/α-hetero) is 1. The highest BCUT2D eigenvalue weighted by Gasteiger charge is 2.13. The van der Waals surface area contributed by atoms with E-state index in [0.29, 0.717) is 6.42 Å². The van der Waals surface area contributed by atoms with Gasteiger partial charge in [0.25, 0.3) is 0 Å². The number of hydrogen-bond acceptors (Lipinski definition) is 1. The van der Waals surface area contributed by atoms with Crippen molar-refractivity contribution in [1.29, 1.82) is 0 Å². The Morgan fingerprint density at radius 3 is 2.60 bits per heavy atom. The average Bonchev–Trinajstić information content (AvgIpc) is 2.27. The Hall–Kier alpha value is -0.820. The highest BCUT2D eigenvalue weighted by Crippen LogP contribution is 2.11. The molecule has 0 fully saturated rings. The highest BCUT2D eigenvalue weighted by atomic mass is 35.5. The number of aryl methyl sites for hydroxylation is 1. The predicted octanol–water partition coefficient (Wildman–Crippen LogP) is 3.60. The first-order valence-electron chi connectivity index (χ1n) is 5.44. The van der Waals surface area contributed by atoms with Gasteiger partial charge < -0.3 is 0 Å². The van der Waals surface area contributed by atoms with Crippen molar-refractivity contribution in [3.05, 3.63) is 35.9 Å². The molecule has 1 rings (SSSR count). The third-order valence-electron chi connectivity index (χ3n) is 2.39. The van der Waals surface area contributed by atoms with Crippen LogP contribution < -0.4 is 0 Å². The van der Waals surface area contributed by atoms with Gasteiger partial charge in [0.2, 0.25) is 0 Å². The van der Waals surface area contributed by atoms with Crippen molar-refractivity contribution in [3.8, 4) is 0 Å². The first-order chi connectivity index (χ1) is 7.24. The van der Waals surface area contributed by atoms with E-state index >= 15 is 0 Å². The summed E-state index contributed by atoms with van der Waals surface area (Å²) < 4.78 is 0. The fourth-order valence-electron chi connectivity index (χ4n) is 1.48.